The number of H-pyrrole nitrogens is 1. The molecule has 2 aliphatic rings. The molecule has 84 valence electrons. The molecule has 0 unspecified atom stereocenters. The molecule has 2 heterocycles. The molecule has 1 aliphatic carbocycles. The normalized spacial score (nSPS) is 19.4. The molecule has 16 heavy (non-hydrogen) atoms. The van der Waals surface area contributed by atoms with Crippen molar-refractivity contribution < 1.29 is 4.79 Å². The summed E-state index contributed by atoms with van der Waals surface area (Å²) in [6.45, 7) is 1.58. The number of hydrogen-bond acceptors (Lipinski definition) is 2. The third kappa shape index (κ3) is 1.78. The minimum atomic E-state index is 0.323. The van der Waals surface area contributed by atoms with Gasteiger partial charge < -0.3 is 9.88 Å². The van der Waals surface area contributed by atoms with Crippen molar-refractivity contribution in [3.63, 3.8) is 0 Å². The average Bonchev–Trinajstić information content (AvgIpc) is 3.11. The van der Waals surface area contributed by atoms with Gasteiger partial charge in [-0.3, -0.25) is 4.79 Å². The fourth-order valence-electron chi connectivity index (χ4n) is 2.23. The summed E-state index contributed by atoms with van der Waals surface area (Å²) in [4.78, 5) is 17.1. The maximum absolute atomic E-state index is 11.9. The van der Waals surface area contributed by atoms with Crippen LogP contribution in [0.5, 0.6) is 0 Å². The lowest BCUT2D eigenvalue weighted by Gasteiger charge is -2.28. The number of pyridine rings is 1. The predicted molar refractivity (Wildman–Crippen MR) is 63.5 cm³/mol. The van der Waals surface area contributed by atoms with Gasteiger partial charge in [-0.05, 0) is 24.5 Å². The van der Waals surface area contributed by atoms with Crippen LogP contribution in [0.25, 0.3) is 0 Å². The zero-order valence-electron chi connectivity index (χ0n) is 9.03. The molecule has 3 nitrogen and oxygen atoms in total. The van der Waals surface area contributed by atoms with Gasteiger partial charge in [0.05, 0.1) is 0 Å². The zero-order valence-corrected chi connectivity index (χ0v) is 9.85. The molecule has 3 rings (SSSR count). The van der Waals surface area contributed by atoms with Crippen molar-refractivity contribution in [1.82, 2.24) is 9.88 Å². The Morgan fingerprint density at radius 3 is 3.00 bits per heavy atom. The highest BCUT2D eigenvalue weighted by atomic mass is 32.1. The molecule has 1 fully saturated rings. The second-order valence-corrected chi connectivity index (χ2v) is 5.05. The summed E-state index contributed by atoms with van der Waals surface area (Å²) in [5, 5.41) is 0. The summed E-state index contributed by atoms with van der Waals surface area (Å²) >= 11 is 5.09. The number of fused-ring (bicyclic) bond motifs is 1. The van der Waals surface area contributed by atoms with Gasteiger partial charge in [-0.15, -0.1) is 0 Å². The van der Waals surface area contributed by atoms with Crippen molar-refractivity contribution in [2.24, 2.45) is 5.92 Å². The number of hydrogen-bond donors (Lipinski definition) is 1. The third-order valence-corrected chi connectivity index (χ3v) is 3.57. The van der Waals surface area contributed by atoms with E-state index in [2.05, 4.69) is 4.98 Å². The number of nitrogens with one attached hydrogen (secondary N) is 1. The SMILES string of the molecule is O=C(C1CC1)N1CCc2[nH]c(=S)ccc2C1. The quantitative estimate of drug-likeness (QED) is 0.755. The third-order valence-electron chi connectivity index (χ3n) is 3.33. The highest BCUT2D eigenvalue weighted by Gasteiger charge is 2.34. The standard InChI is InChI=1S/C12H14N2OS/c15-12(8-1-2-8)14-6-5-10-9(7-14)3-4-11(16)13-10/h3-4,8H,1-2,5-7H2,(H,13,16). The molecule has 1 aromatic heterocycles. The van der Waals surface area contributed by atoms with Crippen molar-refractivity contribution in [3.05, 3.63) is 28.0 Å². The summed E-state index contributed by atoms with van der Waals surface area (Å²) in [5.41, 5.74) is 2.42. The first-order valence-corrected chi connectivity index (χ1v) is 6.15. The van der Waals surface area contributed by atoms with Crippen LogP contribution >= 0.6 is 12.2 Å². The Labute approximate surface area is 99.5 Å². The number of carbonyl (C=O) groups excluding carboxylic acids is 1. The van der Waals surface area contributed by atoms with Crippen LogP contribution in [0.15, 0.2) is 12.1 Å². The number of rotatable bonds is 1. The molecule has 4 heteroatoms. The fourth-order valence-corrected chi connectivity index (χ4v) is 2.42. The van der Waals surface area contributed by atoms with Crippen LogP contribution in [-0.4, -0.2) is 22.3 Å². The molecule has 1 N–H and O–H groups in total. The smallest absolute Gasteiger partial charge is 0.225 e. The Kier molecular flexibility index (Phi) is 2.32. The molecule has 0 bridgehead atoms. The topological polar surface area (TPSA) is 36.1 Å². The molecular weight excluding hydrogens is 220 g/mol. The largest absolute Gasteiger partial charge is 0.350 e. The molecular formula is C12H14N2OS. The summed E-state index contributed by atoms with van der Waals surface area (Å²) < 4.78 is 0.778. The van der Waals surface area contributed by atoms with Gasteiger partial charge in [-0.25, -0.2) is 0 Å². The van der Waals surface area contributed by atoms with Crippen LogP contribution in [-0.2, 0) is 17.8 Å². The molecule has 1 aromatic rings. The van der Waals surface area contributed by atoms with E-state index >= 15 is 0 Å². The van der Waals surface area contributed by atoms with Gasteiger partial charge in [0.25, 0.3) is 0 Å². The van der Waals surface area contributed by atoms with E-state index < -0.39 is 0 Å². The molecule has 0 atom stereocenters. The average molecular weight is 234 g/mol. The van der Waals surface area contributed by atoms with Crippen molar-refractivity contribution >= 4 is 18.1 Å². The van der Waals surface area contributed by atoms with Crippen LogP contribution in [0.3, 0.4) is 0 Å². The summed E-state index contributed by atoms with van der Waals surface area (Å²) in [6.07, 6.45) is 3.07. The van der Waals surface area contributed by atoms with E-state index in [0.717, 1.165) is 37.0 Å². The van der Waals surface area contributed by atoms with E-state index in [0.29, 0.717) is 11.8 Å². The molecule has 1 saturated carbocycles. The highest BCUT2D eigenvalue weighted by Crippen LogP contribution is 2.32. The van der Waals surface area contributed by atoms with Gasteiger partial charge in [0.1, 0.15) is 4.64 Å². The molecule has 0 spiro atoms. The maximum atomic E-state index is 11.9. The number of aromatic amines is 1. The summed E-state index contributed by atoms with van der Waals surface area (Å²) in [6, 6.07) is 3.94. The van der Waals surface area contributed by atoms with E-state index in [-0.39, 0.29) is 0 Å². The second-order valence-electron chi connectivity index (χ2n) is 4.61. The van der Waals surface area contributed by atoms with Crippen LogP contribution in [0.1, 0.15) is 24.1 Å². The first-order chi connectivity index (χ1) is 7.74. The number of amides is 1. The molecule has 0 aromatic carbocycles. The van der Waals surface area contributed by atoms with Gasteiger partial charge in [-0.2, -0.15) is 0 Å². The van der Waals surface area contributed by atoms with Gasteiger partial charge in [0, 0.05) is 31.1 Å². The van der Waals surface area contributed by atoms with Crippen LogP contribution < -0.4 is 0 Å². The Morgan fingerprint density at radius 1 is 1.44 bits per heavy atom. The monoisotopic (exact) mass is 234 g/mol. The Morgan fingerprint density at radius 2 is 2.25 bits per heavy atom. The maximum Gasteiger partial charge on any atom is 0.225 e. The van der Waals surface area contributed by atoms with Crippen LogP contribution in [0, 0.1) is 10.6 Å². The lowest BCUT2D eigenvalue weighted by atomic mass is 10.1. The highest BCUT2D eigenvalue weighted by molar-refractivity contribution is 7.71. The van der Waals surface area contributed by atoms with Crippen LogP contribution in [0.4, 0.5) is 0 Å². The fraction of sp³-hybridized carbons (Fsp3) is 0.500. The first-order valence-electron chi connectivity index (χ1n) is 5.74. The summed E-state index contributed by atoms with van der Waals surface area (Å²) in [7, 11) is 0. The Bertz CT molecular complexity index is 490. The summed E-state index contributed by atoms with van der Waals surface area (Å²) in [5.74, 6) is 0.664. The zero-order chi connectivity index (χ0) is 11.1. The van der Waals surface area contributed by atoms with Crippen LogP contribution in [0.2, 0.25) is 0 Å². The minimum Gasteiger partial charge on any atom is -0.350 e. The predicted octanol–water partition coefficient (Wildman–Crippen LogP) is 2.04. The van der Waals surface area contributed by atoms with Crippen molar-refractivity contribution in [2.45, 2.75) is 25.8 Å². The number of nitrogens with zero attached hydrogens (tertiary/aromatic N) is 1. The molecule has 1 aliphatic heterocycles. The lowest BCUT2D eigenvalue weighted by Crippen LogP contribution is -2.37. The van der Waals surface area contributed by atoms with E-state index in [4.69, 9.17) is 12.2 Å². The number of aromatic nitrogens is 1. The first kappa shape index (κ1) is 10.0. The number of carbonyl (C=O) groups is 1. The van der Waals surface area contributed by atoms with Crippen molar-refractivity contribution in [1.29, 1.82) is 0 Å². The molecule has 1 amide bonds. The second kappa shape index (κ2) is 3.70. The Balaban J connectivity index is 1.83. The lowest BCUT2D eigenvalue weighted by molar-refractivity contribution is -0.133. The van der Waals surface area contributed by atoms with Gasteiger partial charge in [0.2, 0.25) is 5.91 Å². The molecule has 0 radical (unpaired) electrons. The van der Waals surface area contributed by atoms with E-state index in [1.807, 2.05) is 17.0 Å². The minimum absolute atomic E-state index is 0.323. The molecule has 0 saturated heterocycles. The van der Waals surface area contributed by atoms with Crippen molar-refractivity contribution in [2.75, 3.05) is 6.54 Å². The van der Waals surface area contributed by atoms with E-state index in [1.165, 1.54) is 11.3 Å². The van der Waals surface area contributed by atoms with Gasteiger partial charge in [0.15, 0.2) is 0 Å². The van der Waals surface area contributed by atoms with Gasteiger partial charge >= 0.3 is 0 Å². The van der Waals surface area contributed by atoms with Gasteiger partial charge in [-0.1, -0.05) is 18.3 Å². The van der Waals surface area contributed by atoms with E-state index in [9.17, 15) is 4.79 Å². The van der Waals surface area contributed by atoms with E-state index in [1.54, 1.807) is 0 Å². The van der Waals surface area contributed by atoms with Crippen molar-refractivity contribution in [3.8, 4) is 0 Å². The Hall–Kier alpha value is -1.16.